The van der Waals surface area contributed by atoms with Crippen molar-refractivity contribution in [3.63, 3.8) is 0 Å². The van der Waals surface area contributed by atoms with E-state index in [-0.39, 0.29) is 11.7 Å². The largest absolute Gasteiger partial charge is 0.355 e. The predicted molar refractivity (Wildman–Crippen MR) is 112 cm³/mol. The number of Topliss-reactive ketones (excluding diaryl/α,β-unsaturated/α-hetero) is 1. The Kier molecular flexibility index (Phi) is 5.26. The van der Waals surface area contributed by atoms with Gasteiger partial charge in [-0.15, -0.1) is 0 Å². The molecular weight excluding hydrogens is 336 g/mol. The van der Waals surface area contributed by atoms with Crippen LogP contribution in [0.2, 0.25) is 0 Å². The summed E-state index contributed by atoms with van der Waals surface area (Å²) in [5.41, 5.74) is 4.26. The maximum atomic E-state index is 12.6. The van der Waals surface area contributed by atoms with Crippen LogP contribution in [0, 0.1) is 0 Å². The van der Waals surface area contributed by atoms with Gasteiger partial charge in [-0.05, 0) is 56.3 Å². The molecule has 4 rings (SSSR count). The molecule has 0 radical (unpaired) electrons. The molecule has 4 nitrogen and oxygen atoms in total. The average molecular weight is 360 g/mol. The second-order valence-corrected chi connectivity index (χ2v) is 6.17. The van der Waals surface area contributed by atoms with Crippen molar-refractivity contribution in [1.82, 2.24) is 0 Å². The zero-order valence-electron chi connectivity index (χ0n) is 16.2. The highest BCUT2D eigenvalue weighted by Gasteiger charge is 2.29. The van der Waals surface area contributed by atoms with E-state index in [1.165, 1.54) is 0 Å². The molecule has 1 N–H and O–H groups in total. The van der Waals surface area contributed by atoms with Crippen LogP contribution in [0.5, 0.6) is 0 Å². The van der Waals surface area contributed by atoms with E-state index in [1.54, 1.807) is 6.92 Å². The van der Waals surface area contributed by atoms with Gasteiger partial charge in [0.05, 0.1) is 5.69 Å². The van der Waals surface area contributed by atoms with Crippen molar-refractivity contribution in [3.05, 3.63) is 65.7 Å². The highest BCUT2D eigenvalue weighted by Crippen LogP contribution is 2.41. The summed E-state index contributed by atoms with van der Waals surface area (Å²) in [7, 11) is 0. The predicted octanol–water partition coefficient (Wildman–Crippen LogP) is 5.79. The molecule has 1 amide bonds. The molecule has 0 bridgehead atoms. The minimum absolute atomic E-state index is 0.0510. The third-order valence-electron chi connectivity index (χ3n) is 4.67. The van der Waals surface area contributed by atoms with Gasteiger partial charge in [0.25, 0.3) is 5.91 Å². The molecule has 0 fully saturated rings. The Labute approximate surface area is 159 Å². The second kappa shape index (κ2) is 7.62. The van der Waals surface area contributed by atoms with Gasteiger partial charge in [-0.2, -0.15) is 0 Å². The summed E-state index contributed by atoms with van der Waals surface area (Å²) in [6.45, 7) is 8.20. The number of carbonyl (C=O) groups excluding carboxylic acids is 2. The topological polar surface area (TPSA) is 49.4 Å². The van der Waals surface area contributed by atoms with Crippen LogP contribution in [0.1, 0.15) is 48.4 Å². The molecule has 0 unspecified atom stereocenters. The summed E-state index contributed by atoms with van der Waals surface area (Å²) in [4.78, 5) is 25.8. The molecule has 3 aromatic carbocycles. The minimum atomic E-state index is 0.0510. The summed E-state index contributed by atoms with van der Waals surface area (Å²) in [6, 6.07) is 17.2. The van der Waals surface area contributed by atoms with E-state index in [0.717, 1.165) is 33.4 Å². The molecule has 0 aliphatic carbocycles. The van der Waals surface area contributed by atoms with Crippen molar-refractivity contribution in [2.75, 3.05) is 16.8 Å². The van der Waals surface area contributed by atoms with E-state index in [9.17, 15) is 9.59 Å². The Hall–Kier alpha value is -3.14. The number of hydrogen-bond donors (Lipinski definition) is 1. The Balaban J connectivity index is 0.00000102. The van der Waals surface area contributed by atoms with Crippen molar-refractivity contribution in [1.29, 1.82) is 0 Å². The number of rotatable bonds is 4. The fourth-order valence-electron chi connectivity index (χ4n) is 3.41. The van der Waals surface area contributed by atoms with Crippen LogP contribution in [0.25, 0.3) is 10.8 Å². The first kappa shape index (κ1) is 18.6. The quantitative estimate of drug-likeness (QED) is 0.599. The summed E-state index contributed by atoms with van der Waals surface area (Å²) in [5.74, 6) is 0.112. The van der Waals surface area contributed by atoms with Crippen LogP contribution in [0.4, 0.5) is 17.1 Å². The van der Waals surface area contributed by atoms with Gasteiger partial charge in [-0.3, -0.25) is 9.59 Å². The third-order valence-corrected chi connectivity index (χ3v) is 4.67. The molecule has 0 atom stereocenters. The first-order valence-corrected chi connectivity index (χ1v) is 9.35. The lowest BCUT2D eigenvalue weighted by atomic mass is 10.0. The summed E-state index contributed by atoms with van der Waals surface area (Å²) < 4.78 is 0. The van der Waals surface area contributed by atoms with Gasteiger partial charge in [0.2, 0.25) is 0 Å². The number of anilines is 3. The van der Waals surface area contributed by atoms with Gasteiger partial charge in [0.15, 0.2) is 5.78 Å². The lowest BCUT2D eigenvalue weighted by Crippen LogP contribution is -2.25. The van der Waals surface area contributed by atoms with Crippen molar-refractivity contribution in [3.8, 4) is 0 Å². The summed E-state index contributed by atoms with van der Waals surface area (Å²) in [5, 5.41) is 5.42. The standard InChI is InChI=1S/C21H18N2O2.C2H6/c1-3-23-19-12-11-18(16-5-4-6-17(20(16)19)21(23)25)22-15-9-7-14(8-10-15)13(2)24;1-2/h4-12,22H,3H2,1-2H3;1-2H3. The number of ketones is 1. The van der Waals surface area contributed by atoms with Gasteiger partial charge < -0.3 is 10.2 Å². The number of nitrogens with zero attached hydrogens (tertiary/aromatic N) is 1. The van der Waals surface area contributed by atoms with E-state index < -0.39 is 0 Å². The average Bonchev–Trinajstić information content (AvgIpc) is 2.98. The SMILES string of the molecule is CC.CCN1C(=O)c2cccc3c(Nc4ccc(C(C)=O)cc4)ccc1c23. The molecule has 4 heteroatoms. The highest BCUT2D eigenvalue weighted by molar-refractivity contribution is 6.26. The maximum Gasteiger partial charge on any atom is 0.258 e. The summed E-state index contributed by atoms with van der Waals surface area (Å²) in [6.07, 6.45) is 0. The van der Waals surface area contributed by atoms with E-state index in [4.69, 9.17) is 0 Å². The maximum absolute atomic E-state index is 12.6. The summed E-state index contributed by atoms with van der Waals surface area (Å²) >= 11 is 0. The molecule has 0 saturated heterocycles. The molecule has 138 valence electrons. The highest BCUT2D eigenvalue weighted by atomic mass is 16.2. The molecule has 0 saturated carbocycles. The number of hydrogen-bond acceptors (Lipinski definition) is 3. The minimum Gasteiger partial charge on any atom is -0.355 e. The Morgan fingerprint density at radius 2 is 1.70 bits per heavy atom. The molecule has 27 heavy (non-hydrogen) atoms. The second-order valence-electron chi connectivity index (χ2n) is 6.17. The van der Waals surface area contributed by atoms with Gasteiger partial charge in [-0.25, -0.2) is 0 Å². The Morgan fingerprint density at radius 3 is 2.33 bits per heavy atom. The van der Waals surface area contributed by atoms with E-state index >= 15 is 0 Å². The number of amides is 1. The van der Waals surface area contributed by atoms with Crippen LogP contribution in [0.15, 0.2) is 54.6 Å². The van der Waals surface area contributed by atoms with Gasteiger partial charge in [0.1, 0.15) is 0 Å². The monoisotopic (exact) mass is 360 g/mol. The molecule has 1 aliphatic heterocycles. The molecule has 1 aliphatic rings. The van der Waals surface area contributed by atoms with Crippen LogP contribution in [0.3, 0.4) is 0 Å². The first-order chi connectivity index (χ1) is 13.1. The van der Waals surface area contributed by atoms with Gasteiger partial charge >= 0.3 is 0 Å². The van der Waals surface area contributed by atoms with Crippen molar-refractivity contribution in [2.45, 2.75) is 27.7 Å². The lowest BCUT2D eigenvalue weighted by Gasteiger charge is -2.16. The zero-order valence-corrected chi connectivity index (χ0v) is 16.2. The molecule has 0 spiro atoms. The fourth-order valence-corrected chi connectivity index (χ4v) is 3.41. The third kappa shape index (κ3) is 3.19. The lowest BCUT2D eigenvalue weighted by molar-refractivity contribution is 0.0991. The number of nitrogens with one attached hydrogen (secondary N) is 1. The molecule has 0 aromatic heterocycles. The normalized spacial score (nSPS) is 12.0. The van der Waals surface area contributed by atoms with E-state index in [2.05, 4.69) is 5.32 Å². The van der Waals surface area contributed by atoms with Crippen LogP contribution in [-0.4, -0.2) is 18.2 Å². The molecular formula is C23H24N2O2. The number of carbonyl (C=O) groups is 2. The van der Waals surface area contributed by atoms with Crippen LogP contribution < -0.4 is 10.2 Å². The van der Waals surface area contributed by atoms with Crippen LogP contribution in [-0.2, 0) is 0 Å². The smallest absolute Gasteiger partial charge is 0.258 e. The fraction of sp³-hybridized carbons (Fsp3) is 0.217. The van der Waals surface area contributed by atoms with E-state index in [1.807, 2.05) is 80.3 Å². The molecule has 3 aromatic rings. The first-order valence-electron chi connectivity index (χ1n) is 9.35. The Bertz CT molecular complexity index is 1010. The van der Waals surface area contributed by atoms with Crippen molar-refractivity contribution < 1.29 is 9.59 Å². The zero-order chi connectivity index (χ0) is 19.6. The van der Waals surface area contributed by atoms with Crippen LogP contribution >= 0.6 is 0 Å². The van der Waals surface area contributed by atoms with Gasteiger partial charge in [0, 0.05) is 39.8 Å². The molecule has 1 heterocycles. The van der Waals surface area contributed by atoms with Gasteiger partial charge in [-0.1, -0.05) is 26.0 Å². The Morgan fingerprint density at radius 1 is 1.00 bits per heavy atom. The van der Waals surface area contributed by atoms with Crippen molar-refractivity contribution >= 4 is 39.5 Å². The van der Waals surface area contributed by atoms with E-state index in [0.29, 0.717) is 12.1 Å². The number of benzene rings is 3. The van der Waals surface area contributed by atoms with Crippen molar-refractivity contribution in [2.24, 2.45) is 0 Å².